The Kier molecular flexibility index (Phi) is 5.77. The molecule has 0 aliphatic carbocycles. The Morgan fingerprint density at radius 3 is 2.44 bits per heavy atom. The first-order chi connectivity index (χ1) is 15.4. The summed E-state index contributed by atoms with van der Waals surface area (Å²) in [6.07, 6.45) is 0. The van der Waals surface area contributed by atoms with Crippen LogP contribution in [0.1, 0.15) is 23.6 Å². The third-order valence-corrected chi connectivity index (χ3v) is 5.24. The van der Waals surface area contributed by atoms with Gasteiger partial charge in [-0.15, -0.1) is 0 Å². The number of nitrogens with one attached hydrogen (secondary N) is 1. The molecule has 6 heteroatoms. The molecule has 32 heavy (non-hydrogen) atoms. The summed E-state index contributed by atoms with van der Waals surface area (Å²) in [5, 5.41) is 2.99. The highest BCUT2D eigenvalue weighted by atomic mass is 19.1. The number of halogens is 1. The number of carbonyl (C=O) groups is 2. The highest BCUT2D eigenvalue weighted by Gasteiger charge is 2.41. The predicted octanol–water partition coefficient (Wildman–Crippen LogP) is 5.24. The van der Waals surface area contributed by atoms with Crippen LogP contribution in [0, 0.1) is 19.7 Å². The highest BCUT2D eigenvalue weighted by molar-refractivity contribution is 6.46. The third-order valence-electron chi connectivity index (χ3n) is 5.24. The number of ether oxygens (including phenoxy) is 1. The Hall–Kier alpha value is -3.93. The number of hydrogen-bond donors (Lipinski definition) is 1. The van der Waals surface area contributed by atoms with Crippen molar-refractivity contribution < 1.29 is 18.7 Å². The topological polar surface area (TPSA) is 58.6 Å². The zero-order chi connectivity index (χ0) is 22.8. The zero-order valence-corrected chi connectivity index (χ0v) is 18.1. The number of anilines is 2. The van der Waals surface area contributed by atoms with Crippen molar-refractivity contribution in [3.63, 3.8) is 0 Å². The van der Waals surface area contributed by atoms with Gasteiger partial charge in [0.1, 0.15) is 17.3 Å². The molecule has 0 saturated heterocycles. The second kappa shape index (κ2) is 8.67. The van der Waals surface area contributed by atoms with E-state index in [-0.39, 0.29) is 11.3 Å². The van der Waals surface area contributed by atoms with E-state index >= 15 is 0 Å². The largest absolute Gasteiger partial charge is 0.492 e. The van der Waals surface area contributed by atoms with Gasteiger partial charge in [-0.25, -0.2) is 9.29 Å². The van der Waals surface area contributed by atoms with Gasteiger partial charge < -0.3 is 10.1 Å². The molecule has 162 valence electrons. The monoisotopic (exact) mass is 430 g/mol. The SMILES string of the molecule is CCOc1ccccc1N1C(=O)C(Nc2cccc(F)c2)=C(c2ccc(C)cc2C)C1=O. The van der Waals surface area contributed by atoms with Gasteiger partial charge in [-0.05, 0) is 62.2 Å². The van der Waals surface area contributed by atoms with Crippen molar-refractivity contribution in [1.82, 2.24) is 0 Å². The van der Waals surface area contributed by atoms with Gasteiger partial charge in [0.2, 0.25) is 0 Å². The van der Waals surface area contributed by atoms with Gasteiger partial charge in [0.25, 0.3) is 11.8 Å². The first kappa shape index (κ1) is 21.3. The van der Waals surface area contributed by atoms with Crippen molar-refractivity contribution in [1.29, 1.82) is 0 Å². The van der Waals surface area contributed by atoms with Crippen LogP contribution in [-0.2, 0) is 9.59 Å². The van der Waals surface area contributed by atoms with Crippen molar-refractivity contribution >= 4 is 28.8 Å². The summed E-state index contributed by atoms with van der Waals surface area (Å²) in [6, 6.07) is 18.4. The summed E-state index contributed by atoms with van der Waals surface area (Å²) in [4.78, 5) is 28.3. The van der Waals surface area contributed by atoms with Crippen molar-refractivity contribution in [2.24, 2.45) is 0 Å². The minimum atomic E-state index is -0.526. The summed E-state index contributed by atoms with van der Waals surface area (Å²) in [5.74, 6) is -1.00. The lowest BCUT2D eigenvalue weighted by Gasteiger charge is -2.19. The van der Waals surface area contributed by atoms with Crippen LogP contribution in [0.15, 0.2) is 72.4 Å². The number of benzene rings is 3. The normalized spacial score (nSPS) is 13.7. The molecule has 1 heterocycles. The third kappa shape index (κ3) is 3.87. The summed E-state index contributed by atoms with van der Waals surface area (Å²) in [5.41, 5.74) is 3.62. The minimum Gasteiger partial charge on any atom is -0.492 e. The lowest BCUT2D eigenvalue weighted by Crippen LogP contribution is -2.32. The van der Waals surface area contributed by atoms with Gasteiger partial charge in [-0.3, -0.25) is 9.59 Å². The second-order valence-corrected chi connectivity index (χ2v) is 7.55. The second-order valence-electron chi connectivity index (χ2n) is 7.55. The molecule has 0 bridgehead atoms. The Labute approximate surface area is 186 Å². The number of hydrogen-bond acceptors (Lipinski definition) is 4. The standard InChI is InChI=1S/C26H23FN2O3/c1-4-32-22-11-6-5-10-21(22)29-25(30)23(20-13-12-16(2)14-17(20)3)24(26(29)31)28-19-9-7-8-18(27)15-19/h5-15,28H,4H2,1-3H3. The molecule has 1 aliphatic rings. The van der Waals surface area contributed by atoms with Gasteiger partial charge in [0.05, 0.1) is 17.9 Å². The maximum absolute atomic E-state index is 13.8. The molecule has 1 N–H and O–H groups in total. The number of nitrogens with zero attached hydrogens (tertiary/aromatic N) is 1. The average molecular weight is 430 g/mol. The van der Waals surface area contributed by atoms with Crippen molar-refractivity contribution in [2.75, 3.05) is 16.8 Å². The van der Waals surface area contributed by atoms with E-state index in [2.05, 4.69) is 5.32 Å². The first-order valence-electron chi connectivity index (χ1n) is 10.4. The van der Waals surface area contributed by atoms with Crippen LogP contribution >= 0.6 is 0 Å². The molecule has 5 nitrogen and oxygen atoms in total. The van der Waals surface area contributed by atoms with E-state index in [9.17, 15) is 14.0 Å². The van der Waals surface area contributed by atoms with Gasteiger partial charge in [0, 0.05) is 5.69 Å². The maximum atomic E-state index is 13.8. The molecular weight excluding hydrogens is 407 g/mol. The fraction of sp³-hybridized carbons (Fsp3) is 0.154. The van der Waals surface area contributed by atoms with Crippen LogP contribution in [0.4, 0.5) is 15.8 Å². The van der Waals surface area contributed by atoms with Crippen LogP contribution in [-0.4, -0.2) is 18.4 Å². The average Bonchev–Trinajstić information content (AvgIpc) is 2.99. The highest BCUT2D eigenvalue weighted by Crippen LogP contribution is 2.38. The number of rotatable bonds is 6. The van der Waals surface area contributed by atoms with Crippen molar-refractivity contribution in [2.45, 2.75) is 20.8 Å². The summed E-state index contributed by atoms with van der Waals surface area (Å²) >= 11 is 0. The van der Waals surface area contributed by atoms with E-state index < -0.39 is 17.6 Å². The number of carbonyl (C=O) groups excluding carboxylic acids is 2. The Morgan fingerprint density at radius 2 is 1.72 bits per heavy atom. The Balaban J connectivity index is 1.87. The smallest absolute Gasteiger partial charge is 0.282 e. The molecule has 0 spiro atoms. The van der Waals surface area contributed by atoms with Crippen LogP contribution < -0.4 is 15.0 Å². The van der Waals surface area contributed by atoms with Crippen LogP contribution in [0.25, 0.3) is 5.57 Å². The lowest BCUT2D eigenvalue weighted by molar-refractivity contribution is -0.120. The molecule has 2 amide bonds. The molecule has 0 unspecified atom stereocenters. The molecule has 4 rings (SSSR count). The molecule has 0 atom stereocenters. The Morgan fingerprint density at radius 1 is 0.938 bits per heavy atom. The molecule has 1 aliphatic heterocycles. The fourth-order valence-corrected chi connectivity index (χ4v) is 3.84. The zero-order valence-electron chi connectivity index (χ0n) is 18.1. The van der Waals surface area contributed by atoms with Crippen LogP contribution in [0.5, 0.6) is 5.75 Å². The molecule has 0 aromatic heterocycles. The number of para-hydroxylation sites is 2. The summed E-state index contributed by atoms with van der Waals surface area (Å²) in [6.45, 7) is 6.08. The number of aryl methyl sites for hydroxylation is 2. The quantitative estimate of drug-likeness (QED) is 0.544. The number of imide groups is 1. The molecule has 0 saturated carbocycles. The van der Waals surface area contributed by atoms with E-state index in [1.54, 1.807) is 36.4 Å². The Bertz CT molecular complexity index is 1250. The molecule has 3 aromatic rings. The van der Waals surface area contributed by atoms with E-state index in [4.69, 9.17) is 4.74 Å². The van der Waals surface area contributed by atoms with E-state index in [1.807, 2.05) is 39.0 Å². The first-order valence-corrected chi connectivity index (χ1v) is 10.4. The maximum Gasteiger partial charge on any atom is 0.282 e. The fourth-order valence-electron chi connectivity index (χ4n) is 3.84. The van der Waals surface area contributed by atoms with Crippen LogP contribution in [0.2, 0.25) is 0 Å². The van der Waals surface area contributed by atoms with E-state index in [0.29, 0.717) is 29.3 Å². The van der Waals surface area contributed by atoms with Gasteiger partial charge >= 0.3 is 0 Å². The molecule has 0 fully saturated rings. The summed E-state index contributed by atoms with van der Waals surface area (Å²) < 4.78 is 19.4. The van der Waals surface area contributed by atoms with Gasteiger partial charge in [-0.2, -0.15) is 0 Å². The predicted molar refractivity (Wildman–Crippen MR) is 123 cm³/mol. The molecule has 3 aromatic carbocycles. The van der Waals surface area contributed by atoms with Crippen LogP contribution in [0.3, 0.4) is 0 Å². The van der Waals surface area contributed by atoms with Crippen molar-refractivity contribution in [3.05, 3.63) is 94.9 Å². The number of amides is 2. The van der Waals surface area contributed by atoms with Gasteiger partial charge in [-0.1, -0.05) is 42.0 Å². The summed E-state index contributed by atoms with van der Waals surface area (Å²) in [7, 11) is 0. The van der Waals surface area contributed by atoms with E-state index in [0.717, 1.165) is 16.0 Å². The van der Waals surface area contributed by atoms with Gasteiger partial charge in [0.15, 0.2) is 0 Å². The van der Waals surface area contributed by atoms with E-state index in [1.165, 1.54) is 12.1 Å². The minimum absolute atomic E-state index is 0.0962. The molecule has 0 radical (unpaired) electrons. The molecular formula is C26H23FN2O3. The van der Waals surface area contributed by atoms with Crippen molar-refractivity contribution in [3.8, 4) is 5.75 Å². The lowest BCUT2D eigenvalue weighted by atomic mass is 9.97.